The Morgan fingerprint density at radius 2 is 2.35 bits per heavy atom. The molecule has 0 aliphatic carbocycles. The summed E-state index contributed by atoms with van der Waals surface area (Å²) >= 11 is 3.39. The summed E-state index contributed by atoms with van der Waals surface area (Å²) in [6.07, 6.45) is 6.19. The van der Waals surface area contributed by atoms with Crippen LogP contribution in [0.25, 0.3) is 0 Å². The Morgan fingerprint density at radius 1 is 1.65 bits per heavy atom. The first-order chi connectivity index (χ1) is 8.08. The van der Waals surface area contributed by atoms with Gasteiger partial charge in [-0.25, -0.2) is 0 Å². The fraction of sp³-hybridized carbons (Fsp3) is 0.308. The summed E-state index contributed by atoms with van der Waals surface area (Å²) in [5, 5.41) is 2.79. The lowest BCUT2D eigenvalue weighted by molar-refractivity contribution is -0.117. The molecule has 0 fully saturated rings. The molecular formula is C13H15BrN2O. The minimum Gasteiger partial charge on any atom is -0.324 e. The summed E-state index contributed by atoms with van der Waals surface area (Å²) < 4.78 is 0.986. The van der Waals surface area contributed by atoms with Crippen molar-refractivity contribution in [3.63, 3.8) is 0 Å². The van der Waals surface area contributed by atoms with Gasteiger partial charge in [0.15, 0.2) is 0 Å². The predicted molar refractivity (Wildman–Crippen MR) is 73.6 cm³/mol. The van der Waals surface area contributed by atoms with E-state index in [1.807, 2.05) is 25.1 Å². The molecule has 1 amide bonds. The molecule has 0 saturated carbocycles. The number of halogens is 1. The lowest BCUT2D eigenvalue weighted by Crippen LogP contribution is -2.35. The Kier molecular flexibility index (Phi) is 5.20. The van der Waals surface area contributed by atoms with Gasteiger partial charge in [0, 0.05) is 16.6 Å². The number of amides is 1. The van der Waals surface area contributed by atoms with Crippen molar-refractivity contribution in [2.24, 2.45) is 5.73 Å². The number of nitrogens with one attached hydrogen (secondary N) is 1. The van der Waals surface area contributed by atoms with Crippen LogP contribution in [0.5, 0.6) is 0 Å². The second kappa shape index (κ2) is 6.43. The molecule has 0 saturated heterocycles. The van der Waals surface area contributed by atoms with E-state index in [1.165, 1.54) is 0 Å². The quantitative estimate of drug-likeness (QED) is 0.837. The highest BCUT2D eigenvalue weighted by molar-refractivity contribution is 9.10. The first kappa shape index (κ1) is 13.8. The van der Waals surface area contributed by atoms with Gasteiger partial charge in [0.1, 0.15) is 0 Å². The molecule has 90 valence electrons. The highest BCUT2D eigenvalue weighted by Gasteiger charge is 2.13. The summed E-state index contributed by atoms with van der Waals surface area (Å²) in [6, 6.07) is 5.04. The molecule has 4 heteroatoms. The standard InChI is InChI=1S/C13H15BrN2O/c1-3-5-11(15)13(17)16-12-7-6-10(14)8-9(12)4-2/h1,6-8,11H,4-5,15H2,2H3,(H,16,17). The van der Waals surface area contributed by atoms with Crippen LogP contribution in [0.1, 0.15) is 18.9 Å². The average molecular weight is 295 g/mol. The SMILES string of the molecule is C#CCC(N)C(=O)Nc1ccc(Br)cc1CC. The number of carbonyl (C=O) groups excluding carboxylic acids is 1. The van der Waals surface area contributed by atoms with E-state index in [0.717, 1.165) is 22.1 Å². The fourth-order valence-corrected chi connectivity index (χ4v) is 1.83. The molecule has 17 heavy (non-hydrogen) atoms. The number of benzene rings is 1. The Labute approximate surface area is 110 Å². The number of rotatable bonds is 4. The van der Waals surface area contributed by atoms with E-state index in [1.54, 1.807) is 0 Å². The summed E-state index contributed by atoms with van der Waals surface area (Å²) in [5.41, 5.74) is 7.47. The third kappa shape index (κ3) is 3.88. The van der Waals surface area contributed by atoms with Gasteiger partial charge in [0.05, 0.1) is 6.04 Å². The number of anilines is 1. The van der Waals surface area contributed by atoms with Crippen LogP contribution >= 0.6 is 15.9 Å². The van der Waals surface area contributed by atoms with Gasteiger partial charge in [-0.3, -0.25) is 4.79 Å². The first-order valence-corrected chi connectivity index (χ1v) is 6.16. The average Bonchev–Trinajstić information content (AvgIpc) is 2.31. The number of nitrogens with two attached hydrogens (primary N) is 1. The molecule has 0 spiro atoms. The van der Waals surface area contributed by atoms with Crippen LogP contribution in [0.4, 0.5) is 5.69 Å². The van der Waals surface area contributed by atoms with E-state index in [4.69, 9.17) is 12.2 Å². The van der Waals surface area contributed by atoms with Crippen molar-refractivity contribution in [3.05, 3.63) is 28.2 Å². The van der Waals surface area contributed by atoms with Crippen LogP contribution < -0.4 is 11.1 Å². The maximum Gasteiger partial charge on any atom is 0.242 e. The molecule has 1 aromatic carbocycles. The summed E-state index contributed by atoms with van der Waals surface area (Å²) in [4.78, 5) is 11.7. The Balaban J connectivity index is 2.81. The number of hydrogen-bond acceptors (Lipinski definition) is 2. The van der Waals surface area contributed by atoms with E-state index in [-0.39, 0.29) is 12.3 Å². The molecule has 1 unspecified atom stereocenters. The van der Waals surface area contributed by atoms with Gasteiger partial charge in [0.2, 0.25) is 5.91 Å². The summed E-state index contributed by atoms with van der Waals surface area (Å²) in [7, 11) is 0. The van der Waals surface area contributed by atoms with Crippen LogP contribution in [0.15, 0.2) is 22.7 Å². The second-order valence-electron chi connectivity index (χ2n) is 3.66. The molecule has 0 aromatic heterocycles. The van der Waals surface area contributed by atoms with Crippen molar-refractivity contribution in [2.45, 2.75) is 25.8 Å². The number of terminal acetylenes is 1. The molecule has 1 rings (SSSR count). The van der Waals surface area contributed by atoms with E-state index in [9.17, 15) is 4.79 Å². The Hall–Kier alpha value is -1.31. The number of carbonyl (C=O) groups is 1. The molecule has 3 nitrogen and oxygen atoms in total. The molecule has 0 heterocycles. The minimum absolute atomic E-state index is 0.240. The van der Waals surface area contributed by atoms with E-state index in [0.29, 0.717) is 0 Å². The predicted octanol–water partition coefficient (Wildman–Crippen LogP) is 2.30. The van der Waals surface area contributed by atoms with Gasteiger partial charge in [-0.15, -0.1) is 12.3 Å². The van der Waals surface area contributed by atoms with Crippen molar-refractivity contribution < 1.29 is 4.79 Å². The normalized spacial score (nSPS) is 11.6. The molecule has 0 radical (unpaired) electrons. The maximum atomic E-state index is 11.7. The second-order valence-corrected chi connectivity index (χ2v) is 4.57. The van der Waals surface area contributed by atoms with Gasteiger partial charge < -0.3 is 11.1 Å². The highest BCUT2D eigenvalue weighted by atomic mass is 79.9. The summed E-state index contributed by atoms with van der Waals surface area (Å²) in [5.74, 6) is 2.13. The zero-order valence-corrected chi connectivity index (χ0v) is 11.3. The van der Waals surface area contributed by atoms with E-state index < -0.39 is 6.04 Å². The van der Waals surface area contributed by atoms with Crippen molar-refractivity contribution in [1.29, 1.82) is 0 Å². The zero-order chi connectivity index (χ0) is 12.8. The fourth-order valence-electron chi connectivity index (χ4n) is 1.42. The van der Waals surface area contributed by atoms with Crippen LogP contribution in [0.2, 0.25) is 0 Å². The molecule has 1 aromatic rings. The first-order valence-electron chi connectivity index (χ1n) is 5.36. The van der Waals surface area contributed by atoms with Gasteiger partial charge >= 0.3 is 0 Å². The largest absolute Gasteiger partial charge is 0.324 e. The van der Waals surface area contributed by atoms with E-state index in [2.05, 4.69) is 27.2 Å². The Bertz CT molecular complexity index is 451. The molecule has 0 aliphatic heterocycles. The lowest BCUT2D eigenvalue weighted by atomic mass is 10.1. The smallest absolute Gasteiger partial charge is 0.242 e. The monoisotopic (exact) mass is 294 g/mol. The van der Waals surface area contributed by atoms with Crippen molar-refractivity contribution in [2.75, 3.05) is 5.32 Å². The number of aryl methyl sites for hydroxylation is 1. The van der Waals surface area contributed by atoms with E-state index >= 15 is 0 Å². The lowest BCUT2D eigenvalue weighted by Gasteiger charge is -2.13. The molecule has 1 atom stereocenters. The van der Waals surface area contributed by atoms with Gasteiger partial charge in [0.25, 0.3) is 0 Å². The van der Waals surface area contributed by atoms with Crippen LogP contribution in [-0.4, -0.2) is 11.9 Å². The van der Waals surface area contributed by atoms with Crippen molar-refractivity contribution >= 4 is 27.5 Å². The van der Waals surface area contributed by atoms with Gasteiger partial charge in [-0.2, -0.15) is 0 Å². The van der Waals surface area contributed by atoms with Crippen molar-refractivity contribution in [1.82, 2.24) is 0 Å². The molecular weight excluding hydrogens is 280 g/mol. The summed E-state index contributed by atoms with van der Waals surface area (Å²) in [6.45, 7) is 2.03. The van der Waals surface area contributed by atoms with Gasteiger partial charge in [-0.05, 0) is 30.2 Å². The van der Waals surface area contributed by atoms with Gasteiger partial charge in [-0.1, -0.05) is 22.9 Å². The Morgan fingerprint density at radius 3 is 2.94 bits per heavy atom. The minimum atomic E-state index is -0.659. The highest BCUT2D eigenvalue weighted by Crippen LogP contribution is 2.21. The van der Waals surface area contributed by atoms with Crippen LogP contribution in [-0.2, 0) is 11.2 Å². The molecule has 3 N–H and O–H groups in total. The maximum absolute atomic E-state index is 11.7. The third-order valence-corrected chi connectivity index (χ3v) is 2.87. The zero-order valence-electron chi connectivity index (χ0n) is 9.66. The van der Waals surface area contributed by atoms with Crippen LogP contribution in [0, 0.1) is 12.3 Å². The number of hydrogen-bond donors (Lipinski definition) is 2. The van der Waals surface area contributed by atoms with Crippen LogP contribution in [0.3, 0.4) is 0 Å². The van der Waals surface area contributed by atoms with Crippen molar-refractivity contribution in [3.8, 4) is 12.3 Å². The molecule has 0 aliphatic rings. The molecule has 0 bridgehead atoms. The topological polar surface area (TPSA) is 55.1 Å². The third-order valence-electron chi connectivity index (χ3n) is 2.38.